The Morgan fingerprint density at radius 2 is 1.00 bits per heavy atom. The van der Waals surface area contributed by atoms with Crippen LogP contribution in [0.2, 0.25) is 0 Å². The maximum Gasteiger partial charge on any atom is 1.00 e. The second-order valence-corrected chi connectivity index (χ2v) is 4.41. The number of hydrogen-bond acceptors (Lipinski definition) is 6. The van der Waals surface area contributed by atoms with E-state index in [9.17, 15) is 25.9 Å². The predicted molar refractivity (Wildman–Crippen MR) is 24.3 cm³/mol. The first-order valence-corrected chi connectivity index (χ1v) is 4.73. The normalized spacial score (nSPS) is 11.1. The van der Waals surface area contributed by atoms with Crippen molar-refractivity contribution in [2.75, 3.05) is 5.08 Å². The molecule has 0 N–H and O–H groups in total. The SMILES string of the molecule is O=S(=O)([O-])CS(=O)(=O)[O-].[Rb+].[Rb+]. The van der Waals surface area contributed by atoms with Crippen LogP contribution >= 0.6 is 0 Å². The zero-order chi connectivity index (χ0) is 7.71. The molecule has 0 aromatic rings. The van der Waals surface area contributed by atoms with Crippen LogP contribution in [-0.4, -0.2) is 31.0 Å². The van der Waals surface area contributed by atoms with E-state index >= 15 is 0 Å². The van der Waals surface area contributed by atoms with Crippen LogP contribution in [-0.2, 0) is 20.2 Å². The largest absolute Gasteiger partial charge is 1.00 e. The van der Waals surface area contributed by atoms with E-state index in [0.29, 0.717) is 0 Å². The molecule has 56 valence electrons. The molecule has 0 rings (SSSR count). The summed E-state index contributed by atoms with van der Waals surface area (Å²) in [4.78, 5) is 0. The van der Waals surface area contributed by atoms with Gasteiger partial charge in [-0.05, 0) is 0 Å². The Morgan fingerprint density at radius 3 is 1.00 bits per heavy atom. The van der Waals surface area contributed by atoms with Crippen LogP contribution in [0.4, 0.5) is 0 Å². The third kappa shape index (κ3) is 19.7. The average Bonchev–Trinajstić information content (AvgIpc) is 1.14. The number of hydrogen-bond donors (Lipinski definition) is 0. The molecule has 0 aliphatic carbocycles. The van der Waals surface area contributed by atoms with Crippen LogP contribution in [0.3, 0.4) is 0 Å². The molecule has 0 amide bonds. The van der Waals surface area contributed by atoms with Gasteiger partial charge in [0.2, 0.25) is 0 Å². The molecule has 0 bridgehead atoms. The van der Waals surface area contributed by atoms with E-state index < -0.39 is 25.3 Å². The Morgan fingerprint density at radius 1 is 0.818 bits per heavy atom. The Balaban J connectivity index is -0.000000320. The summed E-state index contributed by atoms with van der Waals surface area (Å²) in [6.07, 6.45) is 0. The Bertz CT molecular complexity index is 244. The summed E-state index contributed by atoms with van der Waals surface area (Å²) in [7, 11) is -9.86. The van der Waals surface area contributed by atoms with Crippen molar-refractivity contribution in [1.82, 2.24) is 0 Å². The molecule has 0 aromatic carbocycles. The van der Waals surface area contributed by atoms with Gasteiger partial charge in [0.05, 0.1) is 0 Å². The number of rotatable bonds is 2. The molecular weight excluding hydrogens is 343 g/mol. The van der Waals surface area contributed by atoms with Gasteiger partial charge in [-0.2, -0.15) is 0 Å². The van der Waals surface area contributed by atoms with Crippen molar-refractivity contribution in [3.05, 3.63) is 0 Å². The van der Waals surface area contributed by atoms with E-state index in [1.807, 2.05) is 0 Å². The summed E-state index contributed by atoms with van der Waals surface area (Å²) < 4.78 is 57.1. The predicted octanol–water partition coefficient (Wildman–Crippen LogP) is -7.96. The van der Waals surface area contributed by atoms with Crippen molar-refractivity contribution in [2.45, 2.75) is 0 Å². The Labute approximate surface area is 163 Å². The molecule has 0 fully saturated rings. The summed E-state index contributed by atoms with van der Waals surface area (Å²) in [5.74, 6) is 0. The van der Waals surface area contributed by atoms with Crippen molar-refractivity contribution in [3.8, 4) is 0 Å². The summed E-state index contributed by atoms with van der Waals surface area (Å²) in [5, 5.41) is -1.88. The van der Waals surface area contributed by atoms with E-state index in [-0.39, 0.29) is 116 Å². The molecule has 11 heavy (non-hydrogen) atoms. The van der Waals surface area contributed by atoms with Crippen molar-refractivity contribution in [2.24, 2.45) is 0 Å². The minimum absolute atomic E-state index is 0. The molecule has 0 saturated carbocycles. The van der Waals surface area contributed by atoms with Crippen LogP contribution in [0.1, 0.15) is 0 Å². The molecule has 0 atom stereocenters. The summed E-state index contributed by atoms with van der Waals surface area (Å²) in [5.41, 5.74) is 0. The Hall–Kier alpha value is 3.43. The van der Waals surface area contributed by atoms with Crippen LogP contribution < -0.4 is 116 Å². The monoisotopic (exact) mass is 344 g/mol. The topological polar surface area (TPSA) is 114 Å². The molecular formula is CH2O6Rb2S2. The van der Waals surface area contributed by atoms with Crippen LogP contribution in [0.5, 0.6) is 0 Å². The molecule has 0 unspecified atom stereocenters. The van der Waals surface area contributed by atoms with Gasteiger partial charge in [-0.3, -0.25) is 0 Å². The maximum atomic E-state index is 9.51. The van der Waals surface area contributed by atoms with Gasteiger partial charge in [-0.25, -0.2) is 16.8 Å². The standard InChI is InChI=1S/CH4O6S2.2Rb/c2-8(3,4)1-9(5,6)7;;/h1H2,(H,2,3,4)(H,5,6,7);;/q;2*+1/p-2. The molecule has 6 nitrogen and oxygen atoms in total. The first kappa shape index (κ1) is 19.9. The minimum atomic E-state index is -4.93. The molecule has 0 radical (unpaired) electrons. The minimum Gasteiger partial charge on any atom is -0.747 e. The van der Waals surface area contributed by atoms with Crippen molar-refractivity contribution in [1.29, 1.82) is 0 Å². The first-order valence-electron chi connectivity index (χ1n) is 1.58. The molecule has 0 aromatic heterocycles. The molecule has 0 aliphatic rings. The van der Waals surface area contributed by atoms with Gasteiger partial charge in [-0.15, -0.1) is 0 Å². The van der Waals surface area contributed by atoms with E-state index in [1.54, 1.807) is 0 Å². The molecule has 0 spiro atoms. The van der Waals surface area contributed by atoms with Gasteiger partial charge in [0.1, 0.15) is 25.3 Å². The fourth-order valence-electron chi connectivity index (χ4n) is 0.177. The van der Waals surface area contributed by atoms with E-state index in [4.69, 9.17) is 0 Å². The third-order valence-corrected chi connectivity index (χ3v) is 2.60. The van der Waals surface area contributed by atoms with Crippen molar-refractivity contribution >= 4 is 20.2 Å². The molecule has 10 heteroatoms. The summed E-state index contributed by atoms with van der Waals surface area (Å²) in [6, 6.07) is 0. The van der Waals surface area contributed by atoms with Gasteiger partial charge < -0.3 is 9.11 Å². The fourth-order valence-corrected chi connectivity index (χ4v) is 1.59. The van der Waals surface area contributed by atoms with Crippen molar-refractivity contribution in [3.63, 3.8) is 0 Å². The van der Waals surface area contributed by atoms with Crippen LogP contribution in [0.25, 0.3) is 0 Å². The first-order chi connectivity index (χ1) is 3.71. The fraction of sp³-hybridized carbons (Fsp3) is 1.00. The Kier molecular flexibility index (Phi) is 13.9. The van der Waals surface area contributed by atoms with Gasteiger partial charge in [-0.1, -0.05) is 0 Å². The average molecular weight is 345 g/mol. The smallest absolute Gasteiger partial charge is 0.747 e. The van der Waals surface area contributed by atoms with Crippen LogP contribution in [0, 0.1) is 0 Å². The second-order valence-electron chi connectivity index (χ2n) is 1.23. The second kappa shape index (κ2) is 7.69. The van der Waals surface area contributed by atoms with Gasteiger partial charge in [0, 0.05) is 0 Å². The molecule has 0 heterocycles. The van der Waals surface area contributed by atoms with E-state index in [2.05, 4.69) is 0 Å². The summed E-state index contributed by atoms with van der Waals surface area (Å²) >= 11 is 0. The van der Waals surface area contributed by atoms with Gasteiger partial charge >= 0.3 is 116 Å². The van der Waals surface area contributed by atoms with E-state index in [0.717, 1.165) is 0 Å². The molecule has 0 saturated heterocycles. The maximum absolute atomic E-state index is 9.51. The van der Waals surface area contributed by atoms with E-state index in [1.165, 1.54) is 0 Å². The van der Waals surface area contributed by atoms with Gasteiger partial charge in [0.25, 0.3) is 0 Å². The zero-order valence-corrected chi connectivity index (χ0v) is 17.4. The zero-order valence-electron chi connectivity index (χ0n) is 5.97. The quantitative estimate of drug-likeness (QED) is 0.459. The van der Waals surface area contributed by atoms with Gasteiger partial charge in [0.15, 0.2) is 0 Å². The van der Waals surface area contributed by atoms with Crippen molar-refractivity contribution < 1.29 is 142 Å². The van der Waals surface area contributed by atoms with Crippen LogP contribution in [0.15, 0.2) is 0 Å². The third-order valence-electron chi connectivity index (χ3n) is 0.289. The summed E-state index contributed by atoms with van der Waals surface area (Å²) in [6.45, 7) is 0. The molecule has 0 aliphatic heterocycles.